The summed E-state index contributed by atoms with van der Waals surface area (Å²) in [6, 6.07) is 0.850. The molecule has 3 nitrogen and oxygen atoms in total. The average molecular weight is 383 g/mol. The van der Waals surface area contributed by atoms with E-state index < -0.39 is 8.80 Å². The van der Waals surface area contributed by atoms with E-state index >= 15 is 0 Å². The Morgan fingerprint density at radius 3 is 1.42 bits per heavy atom. The first-order chi connectivity index (χ1) is 12.7. The van der Waals surface area contributed by atoms with Crippen molar-refractivity contribution in [2.75, 3.05) is 19.8 Å². The summed E-state index contributed by atoms with van der Waals surface area (Å²) in [7, 11) is -2.27. The second-order valence-electron chi connectivity index (χ2n) is 6.99. The summed E-state index contributed by atoms with van der Waals surface area (Å²) in [6.45, 7) is 9.95. The van der Waals surface area contributed by atoms with Crippen molar-refractivity contribution in [1.29, 1.82) is 0 Å². The zero-order chi connectivity index (χ0) is 19.1. The van der Waals surface area contributed by atoms with Crippen molar-refractivity contribution in [3.8, 4) is 0 Å². The molecule has 0 fully saturated rings. The van der Waals surface area contributed by atoms with E-state index in [4.69, 9.17) is 13.3 Å². The van der Waals surface area contributed by atoms with Gasteiger partial charge in [-0.15, -0.1) is 0 Å². The first kappa shape index (κ1) is 23.6. The minimum Gasteiger partial charge on any atom is -0.374 e. The minimum atomic E-state index is -2.27. The van der Waals surface area contributed by atoms with Gasteiger partial charge >= 0.3 is 8.80 Å². The molecule has 2 rings (SSSR count). The van der Waals surface area contributed by atoms with Crippen LogP contribution in [0.3, 0.4) is 0 Å². The van der Waals surface area contributed by atoms with Crippen LogP contribution in [-0.4, -0.2) is 28.6 Å². The third-order valence-electron chi connectivity index (χ3n) is 5.02. The lowest BCUT2D eigenvalue weighted by Crippen LogP contribution is -2.45. The fourth-order valence-corrected chi connectivity index (χ4v) is 5.89. The van der Waals surface area contributed by atoms with Crippen molar-refractivity contribution in [2.45, 2.75) is 97.9 Å². The van der Waals surface area contributed by atoms with Gasteiger partial charge in [0.2, 0.25) is 0 Å². The van der Waals surface area contributed by atoms with Gasteiger partial charge in [-0.2, -0.15) is 0 Å². The Labute approximate surface area is 163 Å². The zero-order valence-corrected chi connectivity index (χ0v) is 18.8. The lowest BCUT2D eigenvalue weighted by Gasteiger charge is -2.26. The smallest absolute Gasteiger partial charge is 0.374 e. The molecule has 0 aromatic carbocycles. The van der Waals surface area contributed by atoms with Crippen LogP contribution in [0.1, 0.15) is 91.9 Å². The SMILES string of the molecule is C1=C(C2=CCCCCC2)CCCCC1.CCO[Si](CC)(OCC)OCC. The predicted octanol–water partition coefficient (Wildman–Crippen LogP) is 6.82. The third kappa shape index (κ3) is 8.98. The predicted molar refractivity (Wildman–Crippen MR) is 113 cm³/mol. The molecule has 0 atom stereocenters. The van der Waals surface area contributed by atoms with Gasteiger partial charge in [-0.3, -0.25) is 0 Å². The van der Waals surface area contributed by atoms with Crippen LogP contribution in [0.5, 0.6) is 0 Å². The van der Waals surface area contributed by atoms with E-state index in [2.05, 4.69) is 12.2 Å². The molecular formula is C22H42O3Si. The second-order valence-corrected chi connectivity index (χ2v) is 9.93. The molecule has 0 radical (unpaired) electrons. The molecule has 0 aliphatic heterocycles. The van der Waals surface area contributed by atoms with Crippen molar-refractivity contribution in [2.24, 2.45) is 0 Å². The van der Waals surface area contributed by atoms with Crippen LogP contribution < -0.4 is 0 Å². The lowest BCUT2D eigenvalue weighted by atomic mass is 9.97. The van der Waals surface area contributed by atoms with Crippen molar-refractivity contribution in [3.05, 3.63) is 23.3 Å². The minimum absolute atomic E-state index is 0.667. The number of rotatable bonds is 8. The summed E-state index contributed by atoms with van der Waals surface area (Å²) in [5.74, 6) is 0. The number of hydrogen-bond donors (Lipinski definition) is 0. The molecule has 0 amide bonds. The molecule has 26 heavy (non-hydrogen) atoms. The summed E-state index contributed by atoms with van der Waals surface area (Å²) in [4.78, 5) is 0. The number of hydrogen-bond acceptors (Lipinski definition) is 3. The largest absolute Gasteiger partial charge is 0.500 e. The van der Waals surface area contributed by atoms with Crippen LogP contribution in [-0.2, 0) is 13.3 Å². The van der Waals surface area contributed by atoms with Gasteiger partial charge < -0.3 is 13.3 Å². The van der Waals surface area contributed by atoms with Gasteiger partial charge in [-0.05, 0) is 83.3 Å². The molecule has 0 unspecified atom stereocenters. The van der Waals surface area contributed by atoms with Gasteiger partial charge in [-0.25, -0.2) is 0 Å². The summed E-state index contributed by atoms with van der Waals surface area (Å²) in [6.07, 6.45) is 18.9. The van der Waals surface area contributed by atoms with E-state index in [0.29, 0.717) is 19.8 Å². The average Bonchev–Trinajstić information content (AvgIpc) is 3.08. The van der Waals surface area contributed by atoms with Crippen molar-refractivity contribution >= 4 is 8.80 Å². The molecular weight excluding hydrogens is 340 g/mol. The Balaban J connectivity index is 0.000000265. The fraction of sp³-hybridized carbons (Fsp3) is 0.818. The van der Waals surface area contributed by atoms with Gasteiger partial charge in [0.15, 0.2) is 0 Å². The molecule has 0 heterocycles. The summed E-state index contributed by atoms with van der Waals surface area (Å²) in [5.41, 5.74) is 3.40. The molecule has 0 bridgehead atoms. The molecule has 2 aliphatic rings. The highest BCUT2D eigenvalue weighted by Crippen LogP contribution is 2.29. The quantitative estimate of drug-likeness (QED) is 0.431. The Morgan fingerprint density at radius 1 is 0.654 bits per heavy atom. The van der Waals surface area contributed by atoms with Crippen LogP contribution in [0.2, 0.25) is 6.04 Å². The molecule has 4 heteroatoms. The van der Waals surface area contributed by atoms with Crippen LogP contribution >= 0.6 is 0 Å². The Hall–Kier alpha value is -0.423. The third-order valence-corrected chi connectivity index (χ3v) is 8.07. The maximum atomic E-state index is 5.55. The molecule has 152 valence electrons. The molecule has 0 saturated carbocycles. The van der Waals surface area contributed by atoms with E-state index in [1.165, 1.54) is 64.2 Å². The highest BCUT2D eigenvalue weighted by molar-refractivity contribution is 6.60. The van der Waals surface area contributed by atoms with E-state index in [0.717, 1.165) is 6.04 Å². The van der Waals surface area contributed by atoms with Crippen LogP contribution in [0.15, 0.2) is 23.3 Å². The van der Waals surface area contributed by atoms with Crippen LogP contribution in [0.4, 0.5) is 0 Å². The van der Waals surface area contributed by atoms with Crippen molar-refractivity contribution in [3.63, 3.8) is 0 Å². The molecule has 0 aromatic heterocycles. The summed E-state index contributed by atoms with van der Waals surface area (Å²) >= 11 is 0. The van der Waals surface area contributed by atoms with E-state index in [-0.39, 0.29) is 0 Å². The Kier molecular flexibility index (Phi) is 13.3. The molecule has 0 saturated heterocycles. The summed E-state index contributed by atoms with van der Waals surface area (Å²) < 4.78 is 16.7. The normalized spacial score (nSPS) is 18.8. The Morgan fingerprint density at radius 2 is 1.08 bits per heavy atom. The first-order valence-electron chi connectivity index (χ1n) is 11.0. The second kappa shape index (κ2) is 14.6. The van der Waals surface area contributed by atoms with Crippen LogP contribution in [0, 0.1) is 0 Å². The monoisotopic (exact) mass is 382 g/mol. The van der Waals surface area contributed by atoms with E-state index in [9.17, 15) is 0 Å². The van der Waals surface area contributed by atoms with Crippen molar-refractivity contribution in [1.82, 2.24) is 0 Å². The van der Waals surface area contributed by atoms with E-state index in [1.807, 2.05) is 27.7 Å². The highest BCUT2D eigenvalue weighted by Gasteiger charge is 2.37. The number of allylic oxidation sites excluding steroid dienone is 4. The molecule has 0 N–H and O–H groups in total. The Bertz CT molecular complexity index is 375. The summed E-state index contributed by atoms with van der Waals surface area (Å²) in [5, 5.41) is 0. The molecule has 2 aliphatic carbocycles. The molecule has 0 spiro atoms. The van der Waals surface area contributed by atoms with Crippen LogP contribution in [0.25, 0.3) is 0 Å². The standard InChI is InChI=1S/C14H22.C8H20O3Si/c1-2-6-10-13(9-5-1)14-11-7-3-4-8-12-14;1-5-9-12(8-4,10-6-2)11-7-3/h9,11H,1-8,10,12H2;5-8H2,1-4H3. The van der Waals surface area contributed by atoms with Gasteiger partial charge in [0, 0.05) is 25.9 Å². The van der Waals surface area contributed by atoms with Gasteiger partial charge in [-0.1, -0.05) is 31.9 Å². The van der Waals surface area contributed by atoms with Gasteiger partial charge in [0.25, 0.3) is 0 Å². The van der Waals surface area contributed by atoms with E-state index in [1.54, 1.807) is 11.1 Å². The maximum absolute atomic E-state index is 5.55. The zero-order valence-electron chi connectivity index (χ0n) is 17.8. The van der Waals surface area contributed by atoms with Gasteiger partial charge in [0.05, 0.1) is 0 Å². The van der Waals surface area contributed by atoms with Crippen molar-refractivity contribution < 1.29 is 13.3 Å². The van der Waals surface area contributed by atoms with Gasteiger partial charge in [0.1, 0.15) is 0 Å². The highest BCUT2D eigenvalue weighted by atomic mass is 28.4. The lowest BCUT2D eigenvalue weighted by molar-refractivity contribution is 0.0725. The molecule has 0 aromatic rings. The first-order valence-corrected chi connectivity index (χ1v) is 12.9. The fourth-order valence-electron chi connectivity index (χ4n) is 3.70. The topological polar surface area (TPSA) is 27.7 Å². The maximum Gasteiger partial charge on any atom is 0.500 e.